The highest BCUT2D eigenvalue weighted by atomic mass is 32.2. The molecule has 0 aliphatic heterocycles. The first kappa shape index (κ1) is 24.1. The number of hydrogen-bond acceptors (Lipinski definition) is 5. The molecule has 0 saturated carbocycles. The van der Waals surface area contributed by atoms with Gasteiger partial charge in [-0.3, -0.25) is 9.10 Å². The lowest BCUT2D eigenvalue weighted by atomic mass is 10.1. The van der Waals surface area contributed by atoms with E-state index in [4.69, 9.17) is 9.47 Å². The van der Waals surface area contributed by atoms with E-state index in [1.54, 1.807) is 42.5 Å². The maximum Gasteiger partial charge on any atom is 0.264 e. The van der Waals surface area contributed by atoms with Crippen LogP contribution in [0.3, 0.4) is 0 Å². The number of anilines is 1. The Kier molecular flexibility index (Phi) is 7.95. The fraction of sp³-hybridized carbons (Fsp3) is 0.240. The molecule has 0 saturated heterocycles. The van der Waals surface area contributed by atoms with Gasteiger partial charge in [0, 0.05) is 6.07 Å². The molecule has 1 atom stereocenters. The topological polar surface area (TPSA) is 84.9 Å². The molecule has 0 bridgehead atoms. The summed E-state index contributed by atoms with van der Waals surface area (Å²) in [5.41, 5.74) is 1.22. The van der Waals surface area contributed by atoms with Crippen LogP contribution < -0.4 is 19.1 Å². The zero-order valence-electron chi connectivity index (χ0n) is 18.9. The summed E-state index contributed by atoms with van der Waals surface area (Å²) >= 11 is 0. The van der Waals surface area contributed by atoms with Crippen molar-refractivity contribution < 1.29 is 22.7 Å². The van der Waals surface area contributed by atoms with Crippen LogP contribution in [-0.2, 0) is 14.8 Å². The normalized spacial score (nSPS) is 12.0. The molecule has 3 aromatic rings. The summed E-state index contributed by atoms with van der Waals surface area (Å²) in [6.07, 6.45) is 0. The number of rotatable bonds is 10. The van der Waals surface area contributed by atoms with E-state index in [2.05, 4.69) is 5.32 Å². The van der Waals surface area contributed by atoms with Crippen molar-refractivity contribution in [3.8, 4) is 11.5 Å². The third-order valence-corrected chi connectivity index (χ3v) is 6.82. The van der Waals surface area contributed by atoms with Gasteiger partial charge >= 0.3 is 0 Å². The highest BCUT2D eigenvalue weighted by Gasteiger charge is 2.28. The van der Waals surface area contributed by atoms with Gasteiger partial charge in [-0.1, -0.05) is 36.4 Å². The van der Waals surface area contributed by atoms with Crippen LogP contribution in [0.1, 0.15) is 25.5 Å². The molecule has 0 spiro atoms. The molecular formula is C25H28N2O5S. The SMILES string of the molecule is CCOc1ccc([C@H](C)NC(=O)CN(c2cccc(OC)c2)S(=O)(=O)c2ccccc2)cc1. The first-order valence-electron chi connectivity index (χ1n) is 10.6. The maximum absolute atomic E-state index is 13.4. The van der Waals surface area contributed by atoms with Crippen LogP contribution in [0.15, 0.2) is 83.8 Å². The number of nitrogens with zero attached hydrogens (tertiary/aromatic N) is 1. The highest BCUT2D eigenvalue weighted by Crippen LogP contribution is 2.27. The number of benzene rings is 3. The first-order valence-corrected chi connectivity index (χ1v) is 12.0. The molecule has 0 heterocycles. The Balaban J connectivity index is 1.84. The second kappa shape index (κ2) is 10.9. The Morgan fingerprint density at radius 1 is 0.970 bits per heavy atom. The van der Waals surface area contributed by atoms with Gasteiger partial charge in [0.15, 0.2) is 0 Å². The molecule has 0 unspecified atom stereocenters. The Bertz CT molecular complexity index is 1160. The second-order valence-electron chi connectivity index (χ2n) is 7.32. The lowest BCUT2D eigenvalue weighted by Crippen LogP contribution is -2.41. The molecule has 33 heavy (non-hydrogen) atoms. The molecule has 0 fully saturated rings. The number of methoxy groups -OCH3 is 1. The summed E-state index contributed by atoms with van der Waals surface area (Å²) in [6, 6.07) is 21.7. The van der Waals surface area contributed by atoms with Gasteiger partial charge in [-0.25, -0.2) is 8.42 Å². The van der Waals surface area contributed by atoms with Crippen LogP contribution in [0.4, 0.5) is 5.69 Å². The number of carbonyl (C=O) groups is 1. The first-order chi connectivity index (χ1) is 15.8. The number of nitrogens with one attached hydrogen (secondary N) is 1. The fourth-order valence-electron chi connectivity index (χ4n) is 3.32. The predicted octanol–water partition coefficient (Wildman–Crippen LogP) is 4.17. The molecule has 0 radical (unpaired) electrons. The van der Waals surface area contributed by atoms with E-state index in [1.807, 2.05) is 38.1 Å². The molecular weight excluding hydrogens is 440 g/mol. The summed E-state index contributed by atoms with van der Waals surface area (Å²) in [6.45, 7) is 3.94. The minimum absolute atomic E-state index is 0.0974. The van der Waals surface area contributed by atoms with E-state index in [-0.39, 0.29) is 17.5 Å². The molecule has 174 valence electrons. The summed E-state index contributed by atoms with van der Waals surface area (Å²) in [4.78, 5) is 13.0. The molecule has 0 aliphatic carbocycles. The third kappa shape index (κ3) is 6.04. The van der Waals surface area contributed by atoms with Crippen molar-refractivity contribution >= 4 is 21.6 Å². The van der Waals surface area contributed by atoms with Crippen LogP contribution in [-0.4, -0.2) is 34.6 Å². The third-order valence-electron chi connectivity index (χ3n) is 5.03. The van der Waals surface area contributed by atoms with E-state index in [0.29, 0.717) is 18.0 Å². The molecule has 3 aromatic carbocycles. The average molecular weight is 469 g/mol. The van der Waals surface area contributed by atoms with E-state index < -0.39 is 15.9 Å². The molecule has 3 rings (SSSR count). The van der Waals surface area contributed by atoms with Gasteiger partial charge in [0.2, 0.25) is 5.91 Å². The zero-order chi connectivity index (χ0) is 23.8. The second-order valence-corrected chi connectivity index (χ2v) is 9.18. The number of carbonyl (C=O) groups excluding carboxylic acids is 1. The van der Waals surface area contributed by atoms with Crippen LogP contribution in [0.25, 0.3) is 0 Å². The fourth-order valence-corrected chi connectivity index (χ4v) is 4.75. The van der Waals surface area contributed by atoms with Gasteiger partial charge in [0.25, 0.3) is 10.0 Å². The summed E-state index contributed by atoms with van der Waals surface area (Å²) in [5.74, 6) is 0.806. The smallest absolute Gasteiger partial charge is 0.264 e. The van der Waals surface area contributed by atoms with Crippen molar-refractivity contribution in [2.45, 2.75) is 24.8 Å². The number of hydrogen-bond donors (Lipinski definition) is 1. The van der Waals surface area contributed by atoms with Crippen LogP contribution in [0.5, 0.6) is 11.5 Å². The van der Waals surface area contributed by atoms with Crippen molar-refractivity contribution in [2.24, 2.45) is 0 Å². The van der Waals surface area contributed by atoms with Crippen molar-refractivity contribution in [1.82, 2.24) is 5.32 Å². The monoisotopic (exact) mass is 468 g/mol. The molecule has 7 nitrogen and oxygen atoms in total. The van der Waals surface area contributed by atoms with Gasteiger partial charge in [-0.2, -0.15) is 0 Å². The summed E-state index contributed by atoms with van der Waals surface area (Å²) in [7, 11) is -2.49. The average Bonchev–Trinajstić information content (AvgIpc) is 2.83. The van der Waals surface area contributed by atoms with Crippen LogP contribution >= 0.6 is 0 Å². The Morgan fingerprint density at radius 2 is 1.67 bits per heavy atom. The Morgan fingerprint density at radius 3 is 2.30 bits per heavy atom. The minimum Gasteiger partial charge on any atom is -0.497 e. The van der Waals surface area contributed by atoms with E-state index in [1.165, 1.54) is 19.2 Å². The number of sulfonamides is 1. The van der Waals surface area contributed by atoms with Crippen molar-refractivity contribution in [2.75, 3.05) is 24.6 Å². The predicted molar refractivity (Wildman–Crippen MR) is 128 cm³/mol. The Labute approximate surface area is 195 Å². The van der Waals surface area contributed by atoms with Gasteiger partial charge in [-0.15, -0.1) is 0 Å². The lowest BCUT2D eigenvalue weighted by Gasteiger charge is -2.25. The molecule has 1 amide bonds. The van der Waals surface area contributed by atoms with E-state index in [0.717, 1.165) is 15.6 Å². The standard InChI is InChI=1S/C25H28N2O5S/c1-4-32-22-15-13-20(14-16-22)19(2)26-25(28)18-27(21-9-8-10-23(17-21)31-3)33(29,30)24-11-6-5-7-12-24/h5-17,19H,4,18H2,1-3H3,(H,26,28)/t19-/m0/s1. The quantitative estimate of drug-likeness (QED) is 0.483. The van der Waals surface area contributed by atoms with E-state index in [9.17, 15) is 13.2 Å². The zero-order valence-corrected chi connectivity index (χ0v) is 19.7. The lowest BCUT2D eigenvalue weighted by molar-refractivity contribution is -0.120. The highest BCUT2D eigenvalue weighted by molar-refractivity contribution is 7.92. The van der Waals surface area contributed by atoms with Crippen molar-refractivity contribution in [3.63, 3.8) is 0 Å². The van der Waals surface area contributed by atoms with Crippen LogP contribution in [0, 0.1) is 0 Å². The summed E-state index contributed by atoms with van der Waals surface area (Å²) < 4.78 is 38.6. The largest absolute Gasteiger partial charge is 0.497 e. The van der Waals surface area contributed by atoms with Gasteiger partial charge in [0.05, 0.1) is 30.3 Å². The number of amides is 1. The van der Waals surface area contributed by atoms with Crippen molar-refractivity contribution in [3.05, 3.63) is 84.4 Å². The van der Waals surface area contributed by atoms with Gasteiger partial charge < -0.3 is 14.8 Å². The Hall–Kier alpha value is -3.52. The van der Waals surface area contributed by atoms with Crippen molar-refractivity contribution in [1.29, 1.82) is 0 Å². The number of ether oxygens (including phenoxy) is 2. The van der Waals surface area contributed by atoms with Gasteiger partial charge in [0.1, 0.15) is 18.0 Å². The van der Waals surface area contributed by atoms with E-state index >= 15 is 0 Å². The maximum atomic E-state index is 13.4. The van der Waals surface area contributed by atoms with Crippen LogP contribution in [0.2, 0.25) is 0 Å². The van der Waals surface area contributed by atoms with Gasteiger partial charge in [-0.05, 0) is 55.8 Å². The molecule has 1 N–H and O–H groups in total. The molecule has 0 aromatic heterocycles. The minimum atomic E-state index is -3.99. The molecule has 8 heteroatoms. The molecule has 0 aliphatic rings. The summed E-state index contributed by atoms with van der Waals surface area (Å²) in [5, 5.41) is 2.88.